The van der Waals surface area contributed by atoms with Crippen molar-refractivity contribution >= 4 is 11.7 Å². The summed E-state index contributed by atoms with van der Waals surface area (Å²) in [6.07, 6.45) is 2.66. The van der Waals surface area contributed by atoms with Crippen LogP contribution in [0.4, 0.5) is 10.2 Å². The highest BCUT2D eigenvalue weighted by atomic mass is 19.1. The van der Waals surface area contributed by atoms with E-state index in [4.69, 9.17) is 9.26 Å². The maximum atomic E-state index is 13.7. The van der Waals surface area contributed by atoms with Crippen LogP contribution in [0.2, 0.25) is 0 Å². The first kappa shape index (κ1) is 19.2. The zero-order valence-corrected chi connectivity index (χ0v) is 15.7. The van der Waals surface area contributed by atoms with Crippen molar-refractivity contribution in [2.24, 2.45) is 5.92 Å². The molecule has 0 unspecified atom stereocenters. The number of nitrogens with one attached hydrogen (secondary N) is 1. The Morgan fingerprint density at radius 2 is 2.22 bits per heavy atom. The number of methoxy groups -OCH3 is 1. The molecule has 1 amide bonds. The van der Waals surface area contributed by atoms with Gasteiger partial charge < -0.3 is 24.6 Å². The first-order chi connectivity index (χ1) is 13.0. The predicted molar refractivity (Wildman–Crippen MR) is 98.5 cm³/mol. The largest absolute Gasteiger partial charge is 0.494 e. The fourth-order valence-corrected chi connectivity index (χ4v) is 3.48. The molecule has 7 nitrogen and oxygen atoms in total. The number of aliphatic hydroxyl groups excluding tert-OH is 1. The molecule has 1 aromatic carbocycles. The lowest BCUT2D eigenvalue weighted by atomic mass is 10.0. The Balaban J connectivity index is 1.98. The van der Waals surface area contributed by atoms with Crippen molar-refractivity contribution in [2.45, 2.75) is 25.3 Å². The van der Waals surface area contributed by atoms with E-state index < -0.39 is 5.82 Å². The van der Waals surface area contributed by atoms with Crippen LogP contribution in [0, 0.1) is 11.7 Å². The summed E-state index contributed by atoms with van der Waals surface area (Å²) in [5.41, 5.74) is 0.765. The van der Waals surface area contributed by atoms with Gasteiger partial charge in [-0.3, -0.25) is 4.79 Å². The van der Waals surface area contributed by atoms with Gasteiger partial charge in [0, 0.05) is 38.2 Å². The van der Waals surface area contributed by atoms with Gasteiger partial charge >= 0.3 is 0 Å². The second-order valence-corrected chi connectivity index (χ2v) is 6.91. The lowest BCUT2D eigenvalue weighted by Gasteiger charge is -2.20. The van der Waals surface area contributed by atoms with Crippen molar-refractivity contribution in [1.29, 1.82) is 0 Å². The van der Waals surface area contributed by atoms with Crippen LogP contribution >= 0.6 is 0 Å². The lowest BCUT2D eigenvalue weighted by molar-refractivity contribution is 0.0917. The number of rotatable bonds is 6. The zero-order valence-electron chi connectivity index (χ0n) is 15.7. The summed E-state index contributed by atoms with van der Waals surface area (Å²) in [6, 6.07) is 4.15. The number of aromatic nitrogens is 1. The Morgan fingerprint density at radius 1 is 1.44 bits per heavy atom. The van der Waals surface area contributed by atoms with E-state index in [9.17, 15) is 14.3 Å². The number of carbonyl (C=O) groups excluding carboxylic acids is 1. The van der Waals surface area contributed by atoms with Crippen molar-refractivity contribution in [3.63, 3.8) is 0 Å². The summed E-state index contributed by atoms with van der Waals surface area (Å²) >= 11 is 0. The summed E-state index contributed by atoms with van der Waals surface area (Å²) in [6.45, 7) is 0.0388. The number of carbonyl (C=O) groups is 1. The Kier molecular flexibility index (Phi) is 5.65. The number of halogens is 1. The van der Waals surface area contributed by atoms with E-state index in [1.807, 2.05) is 0 Å². The number of hydrogen-bond acceptors (Lipinski definition) is 6. The van der Waals surface area contributed by atoms with Crippen LogP contribution in [0.3, 0.4) is 0 Å². The Hall–Kier alpha value is -2.61. The first-order valence-corrected chi connectivity index (χ1v) is 8.88. The molecule has 27 heavy (non-hydrogen) atoms. The SMILES string of the molecule is COc1cc(-c2onc(N(C)C)c2C(=O)N[C@H]2CCC[C@H]2CO)ccc1F. The summed E-state index contributed by atoms with van der Waals surface area (Å²) in [5, 5.41) is 16.5. The summed E-state index contributed by atoms with van der Waals surface area (Å²) in [5.74, 6) is -0.110. The molecular formula is C19H24FN3O4. The summed E-state index contributed by atoms with van der Waals surface area (Å²) in [7, 11) is 4.89. The van der Waals surface area contributed by atoms with Gasteiger partial charge in [0.15, 0.2) is 23.1 Å². The number of aliphatic hydroxyl groups is 1. The van der Waals surface area contributed by atoms with E-state index in [1.54, 1.807) is 19.0 Å². The van der Waals surface area contributed by atoms with Crippen LogP contribution in [0.15, 0.2) is 22.7 Å². The third kappa shape index (κ3) is 3.75. The van der Waals surface area contributed by atoms with Gasteiger partial charge in [0.25, 0.3) is 5.91 Å². The van der Waals surface area contributed by atoms with Crippen molar-refractivity contribution in [3.05, 3.63) is 29.6 Å². The second-order valence-electron chi connectivity index (χ2n) is 6.91. The van der Waals surface area contributed by atoms with Gasteiger partial charge in [0.1, 0.15) is 5.56 Å². The van der Waals surface area contributed by atoms with Crippen LogP contribution in [0.25, 0.3) is 11.3 Å². The molecule has 8 heteroatoms. The highest BCUT2D eigenvalue weighted by Crippen LogP contribution is 2.34. The minimum atomic E-state index is -0.503. The van der Waals surface area contributed by atoms with E-state index in [0.717, 1.165) is 19.3 Å². The summed E-state index contributed by atoms with van der Waals surface area (Å²) in [4.78, 5) is 14.7. The molecule has 146 valence electrons. The molecule has 1 aromatic heterocycles. The lowest BCUT2D eigenvalue weighted by Crippen LogP contribution is -2.39. The minimum Gasteiger partial charge on any atom is -0.494 e. The third-order valence-corrected chi connectivity index (χ3v) is 4.95. The molecule has 0 aliphatic heterocycles. The fraction of sp³-hybridized carbons (Fsp3) is 0.474. The molecule has 1 aliphatic rings. The quantitative estimate of drug-likeness (QED) is 0.804. The zero-order chi connectivity index (χ0) is 19.6. The maximum Gasteiger partial charge on any atom is 0.259 e. The van der Waals surface area contributed by atoms with Crippen LogP contribution in [0.1, 0.15) is 29.6 Å². The molecule has 2 atom stereocenters. The number of anilines is 1. The fourth-order valence-electron chi connectivity index (χ4n) is 3.48. The predicted octanol–water partition coefficient (Wildman–Crippen LogP) is 2.45. The highest BCUT2D eigenvalue weighted by molar-refractivity contribution is 6.04. The smallest absolute Gasteiger partial charge is 0.259 e. The van der Waals surface area contributed by atoms with Crippen LogP contribution in [-0.4, -0.2) is 50.0 Å². The van der Waals surface area contributed by atoms with Gasteiger partial charge in [-0.25, -0.2) is 4.39 Å². The monoisotopic (exact) mass is 377 g/mol. The molecule has 2 aromatic rings. The molecule has 0 radical (unpaired) electrons. The number of ether oxygens (including phenoxy) is 1. The highest BCUT2D eigenvalue weighted by Gasteiger charge is 2.32. The Morgan fingerprint density at radius 3 is 2.89 bits per heavy atom. The van der Waals surface area contributed by atoms with E-state index in [-0.39, 0.29) is 41.5 Å². The molecule has 0 spiro atoms. The van der Waals surface area contributed by atoms with E-state index in [1.165, 1.54) is 25.3 Å². The van der Waals surface area contributed by atoms with E-state index in [2.05, 4.69) is 10.5 Å². The second kappa shape index (κ2) is 7.96. The third-order valence-electron chi connectivity index (χ3n) is 4.95. The van der Waals surface area contributed by atoms with Crippen molar-refractivity contribution in [1.82, 2.24) is 10.5 Å². The molecular weight excluding hydrogens is 353 g/mol. The van der Waals surface area contributed by atoms with Gasteiger partial charge in [-0.05, 0) is 31.0 Å². The Bertz CT molecular complexity index is 821. The van der Waals surface area contributed by atoms with Crippen molar-refractivity contribution in [3.8, 4) is 17.1 Å². The van der Waals surface area contributed by atoms with Crippen LogP contribution < -0.4 is 15.0 Å². The topological polar surface area (TPSA) is 87.8 Å². The van der Waals surface area contributed by atoms with Crippen LogP contribution in [-0.2, 0) is 0 Å². The molecule has 3 rings (SSSR count). The van der Waals surface area contributed by atoms with Crippen molar-refractivity contribution < 1.29 is 23.6 Å². The van der Waals surface area contributed by atoms with Crippen LogP contribution in [0.5, 0.6) is 5.75 Å². The molecule has 1 heterocycles. The Labute approximate surface area is 157 Å². The average Bonchev–Trinajstić information content (AvgIpc) is 3.28. The molecule has 1 aliphatic carbocycles. The van der Waals surface area contributed by atoms with E-state index in [0.29, 0.717) is 11.4 Å². The average molecular weight is 377 g/mol. The van der Waals surface area contributed by atoms with E-state index >= 15 is 0 Å². The molecule has 1 fully saturated rings. The number of amides is 1. The molecule has 0 bridgehead atoms. The standard InChI is InChI=1S/C19H24FN3O4/c1-23(2)18-16(19(25)21-14-6-4-5-12(14)10-24)17(27-22-18)11-7-8-13(20)15(9-11)26-3/h7-9,12,14,24H,4-6,10H2,1-3H3,(H,21,25)/t12-,14-/m0/s1. The first-order valence-electron chi connectivity index (χ1n) is 8.88. The van der Waals surface area contributed by atoms with Gasteiger partial charge in [-0.1, -0.05) is 11.6 Å². The van der Waals surface area contributed by atoms with Gasteiger partial charge in [0.05, 0.1) is 7.11 Å². The number of nitrogens with zero attached hydrogens (tertiary/aromatic N) is 2. The number of hydrogen-bond donors (Lipinski definition) is 2. The molecule has 1 saturated carbocycles. The van der Waals surface area contributed by atoms with Gasteiger partial charge in [-0.2, -0.15) is 0 Å². The van der Waals surface area contributed by atoms with Crippen molar-refractivity contribution in [2.75, 3.05) is 32.7 Å². The molecule has 0 saturated heterocycles. The summed E-state index contributed by atoms with van der Waals surface area (Å²) < 4.78 is 24.2. The molecule has 2 N–H and O–H groups in total. The normalized spacial score (nSPS) is 19.1. The minimum absolute atomic E-state index is 0.0388. The maximum absolute atomic E-state index is 13.7. The number of benzene rings is 1. The van der Waals surface area contributed by atoms with Gasteiger partial charge in [-0.15, -0.1) is 0 Å². The van der Waals surface area contributed by atoms with Gasteiger partial charge in [0.2, 0.25) is 0 Å².